The number of carbonyl (C=O) groups excluding carboxylic acids is 2. The van der Waals surface area contributed by atoms with Gasteiger partial charge < -0.3 is 10.1 Å². The van der Waals surface area contributed by atoms with E-state index in [0.29, 0.717) is 48.7 Å². The number of rotatable bonds is 8. The van der Waals surface area contributed by atoms with Crippen molar-refractivity contribution in [1.29, 1.82) is 0 Å². The Labute approximate surface area is 193 Å². The molecule has 3 aromatic carbocycles. The van der Waals surface area contributed by atoms with Crippen LogP contribution in [-0.4, -0.2) is 57.1 Å². The molecule has 0 atom stereocenters. The molecule has 0 bridgehead atoms. The van der Waals surface area contributed by atoms with Gasteiger partial charge in [0.25, 0.3) is 0 Å². The number of Topliss-reactive ketones (excluding diaryl/α,β-unsaturated/α-hetero) is 1. The minimum Gasteiger partial charge on any atom is -0.379 e. The summed E-state index contributed by atoms with van der Waals surface area (Å²) in [5.41, 5.74) is 2.17. The first-order valence-electron chi connectivity index (χ1n) is 10.6. The van der Waals surface area contributed by atoms with Crippen LogP contribution in [0.2, 0.25) is 0 Å². The maximum absolute atomic E-state index is 12.7. The molecule has 3 aromatic rings. The van der Waals surface area contributed by atoms with E-state index in [1.807, 2.05) is 18.2 Å². The Morgan fingerprint density at radius 1 is 0.818 bits per heavy atom. The lowest BCUT2D eigenvalue weighted by molar-refractivity contribution is 0.0730. The predicted octanol–water partition coefficient (Wildman–Crippen LogP) is 3.23. The first-order chi connectivity index (χ1) is 15.9. The Bertz CT molecular complexity index is 1240. The molecule has 33 heavy (non-hydrogen) atoms. The summed E-state index contributed by atoms with van der Waals surface area (Å²) < 4.78 is 32.0. The molecule has 1 saturated heterocycles. The Morgan fingerprint density at radius 2 is 1.48 bits per heavy atom. The van der Waals surface area contributed by atoms with E-state index >= 15 is 0 Å². The maximum atomic E-state index is 12.7. The third kappa shape index (κ3) is 5.36. The number of anilines is 1. The standard InChI is InChI=1S/C25H24N2O5S/c28-24(19-9-11-23(12-10-19)33(30,31)27-13-15-32-16-14-27)18-26-22-8-4-7-21(17-22)25(29)20-5-2-1-3-6-20/h1-12,17,26H,13-16,18H2. The van der Waals surface area contributed by atoms with Crippen LogP contribution in [0.25, 0.3) is 0 Å². The van der Waals surface area contributed by atoms with E-state index < -0.39 is 10.0 Å². The molecule has 0 saturated carbocycles. The second-order valence-electron chi connectivity index (χ2n) is 7.59. The summed E-state index contributed by atoms with van der Waals surface area (Å²) in [6, 6.07) is 21.9. The van der Waals surface area contributed by atoms with Crippen LogP contribution in [0, 0.1) is 0 Å². The van der Waals surface area contributed by atoms with Gasteiger partial charge in [-0.3, -0.25) is 9.59 Å². The van der Waals surface area contributed by atoms with Crippen molar-refractivity contribution in [2.24, 2.45) is 0 Å². The maximum Gasteiger partial charge on any atom is 0.243 e. The monoisotopic (exact) mass is 464 g/mol. The van der Waals surface area contributed by atoms with Gasteiger partial charge in [-0.15, -0.1) is 0 Å². The third-order valence-corrected chi connectivity index (χ3v) is 7.31. The van der Waals surface area contributed by atoms with E-state index in [2.05, 4.69) is 5.32 Å². The number of hydrogen-bond donors (Lipinski definition) is 1. The van der Waals surface area contributed by atoms with E-state index in [-0.39, 0.29) is 23.0 Å². The van der Waals surface area contributed by atoms with Gasteiger partial charge in [-0.1, -0.05) is 42.5 Å². The normalized spacial score (nSPS) is 14.5. The Kier molecular flexibility index (Phi) is 6.98. The SMILES string of the molecule is O=C(CNc1cccc(C(=O)c2ccccc2)c1)c1ccc(S(=O)(=O)N2CCOCC2)cc1. The van der Waals surface area contributed by atoms with Crippen LogP contribution in [0.15, 0.2) is 83.8 Å². The Hall–Kier alpha value is -3.33. The molecule has 170 valence electrons. The van der Waals surface area contributed by atoms with Crippen molar-refractivity contribution in [1.82, 2.24) is 4.31 Å². The van der Waals surface area contributed by atoms with Gasteiger partial charge in [0.2, 0.25) is 10.0 Å². The van der Waals surface area contributed by atoms with Crippen molar-refractivity contribution in [3.63, 3.8) is 0 Å². The van der Waals surface area contributed by atoms with Crippen LogP contribution in [0.4, 0.5) is 5.69 Å². The fraction of sp³-hybridized carbons (Fsp3) is 0.200. The van der Waals surface area contributed by atoms with Crippen molar-refractivity contribution in [3.8, 4) is 0 Å². The van der Waals surface area contributed by atoms with Crippen LogP contribution in [-0.2, 0) is 14.8 Å². The highest BCUT2D eigenvalue weighted by Crippen LogP contribution is 2.19. The predicted molar refractivity (Wildman–Crippen MR) is 125 cm³/mol. The first kappa shape index (κ1) is 22.8. The average Bonchev–Trinajstić information content (AvgIpc) is 2.88. The number of ketones is 2. The van der Waals surface area contributed by atoms with Gasteiger partial charge in [0, 0.05) is 35.5 Å². The molecule has 0 aliphatic carbocycles. The smallest absolute Gasteiger partial charge is 0.243 e. The van der Waals surface area contributed by atoms with E-state index in [4.69, 9.17) is 4.74 Å². The zero-order valence-corrected chi connectivity index (χ0v) is 18.8. The molecule has 1 aliphatic rings. The molecular formula is C25H24N2O5S. The molecule has 1 fully saturated rings. The molecule has 0 radical (unpaired) electrons. The van der Waals surface area contributed by atoms with Gasteiger partial charge in [-0.2, -0.15) is 4.31 Å². The summed E-state index contributed by atoms with van der Waals surface area (Å²) >= 11 is 0. The molecule has 7 nitrogen and oxygen atoms in total. The summed E-state index contributed by atoms with van der Waals surface area (Å²) in [7, 11) is -3.60. The van der Waals surface area contributed by atoms with E-state index in [1.165, 1.54) is 28.6 Å². The van der Waals surface area contributed by atoms with Gasteiger partial charge in [0.15, 0.2) is 11.6 Å². The van der Waals surface area contributed by atoms with Crippen molar-refractivity contribution in [2.75, 3.05) is 38.2 Å². The van der Waals surface area contributed by atoms with Crippen LogP contribution >= 0.6 is 0 Å². The van der Waals surface area contributed by atoms with Gasteiger partial charge in [0.05, 0.1) is 24.7 Å². The fourth-order valence-electron chi connectivity index (χ4n) is 3.56. The van der Waals surface area contributed by atoms with Crippen molar-refractivity contribution < 1.29 is 22.7 Å². The number of ether oxygens (including phenoxy) is 1. The summed E-state index contributed by atoms with van der Waals surface area (Å²) in [4.78, 5) is 25.4. The number of sulfonamides is 1. The van der Waals surface area contributed by atoms with Gasteiger partial charge in [-0.25, -0.2) is 8.42 Å². The number of nitrogens with one attached hydrogen (secondary N) is 1. The van der Waals surface area contributed by atoms with E-state index in [0.717, 1.165) is 0 Å². The minimum absolute atomic E-state index is 0.0124. The first-order valence-corrected chi connectivity index (χ1v) is 12.0. The molecule has 8 heteroatoms. The van der Waals surface area contributed by atoms with Crippen molar-refractivity contribution >= 4 is 27.3 Å². The van der Waals surface area contributed by atoms with Crippen LogP contribution in [0.3, 0.4) is 0 Å². The molecule has 1 aliphatic heterocycles. The molecule has 1 N–H and O–H groups in total. The lowest BCUT2D eigenvalue weighted by Gasteiger charge is -2.26. The number of nitrogens with zero attached hydrogens (tertiary/aromatic N) is 1. The molecule has 1 heterocycles. The Balaban J connectivity index is 1.40. The Morgan fingerprint density at radius 3 is 2.18 bits per heavy atom. The number of benzene rings is 3. The van der Waals surface area contributed by atoms with Crippen LogP contribution in [0.1, 0.15) is 26.3 Å². The molecule has 0 aromatic heterocycles. The summed E-state index contributed by atoms with van der Waals surface area (Å²) in [5, 5.41) is 3.04. The lowest BCUT2D eigenvalue weighted by Crippen LogP contribution is -2.40. The molecular weight excluding hydrogens is 440 g/mol. The molecule has 4 rings (SSSR count). The second kappa shape index (κ2) is 10.1. The van der Waals surface area contributed by atoms with Gasteiger partial charge >= 0.3 is 0 Å². The number of carbonyl (C=O) groups is 2. The van der Waals surface area contributed by atoms with Crippen molar-refractivity contribution in [2.45, 2.75) is 4.90 Å². The van der Waals surface area contributed by atoms with Gasteiger partial charge in [0.1, 0.15) is 0 Å². The van der Waals surface area contributed by atoms with Crippen molar-refractivity contribution in [3.05, 3.63) is 95.6 Å². The largest absolute Gasteiger partial charge is 0.379 e. The zero-order chi connectivity index (χ0) is 23.3. The van der Waals surface area contributed by atoms with Crippen LogP contribution in [0.5, 0.6) is 0 Å². The fourth-order valence-corrected chi connectivity index (χ4v) is 4.97. The highest BCUT2D eigenvalue weighted by atomic mass is 32.2. The quantitative estimate of drug-likeness (QED) is 0.515. The zero-order valence-electron chi connectivity index (χ0n) is 17.9. The summed E-state index contributed by atoms with van der Waals surface area (Å²) in [5.74, 6) is -0.284. The van der Waals surface area contributed by atoms with Crippen LogP contribution < -0.4 is 5.32 Å². The summed E-state index contributed by atoms with van der Waals surface area (Å²) in [6.07, 6.45) is 0. The highest BCUT2D eigenvalue weighted by molar-refractivity contribution is 7.89. The lowest BCUT2D eigenvalue weighted by atomic mass is 10.0. The molecule has 0 spiro atoms. The third-order valence-electron chi connectivity index (χ3n) is 5.40. The average molecular weight is 465 g/mol. The molecule has 0 amide bonds. The van der Waals surface area contributed by atoms with Gasteiger partial charge in [-0.05, 0) is 36.4 Å². The summed E-state index contributed by atoms with van der Waals surface area (Å²) in [6.45, 7) is 1.40. The number of morpholine rings is 1. The number of hydrogen-bond acceptors (Lipinski definition) is 6. The van der Waals surface area contributed by atoms with E-state index in [1.54, 1.807) is 36.4 Å². The second-order valence-corrected chi connectivity index (χ2v) is 9.53. The minimum atomic E-state index is -3.60. The molecule has 0 unspecified atom stereocenters. The highest BCUT2D eigenvalue weighted by Gasteiger charge is 2.26. The topological polar surface area (TPSA) is 92.8 Å². The van der Waals surface area contributed by atoms with E-state index in [9.17, 15) is 18.0 Å².